The molecule has 0 unspecified atom stereocenters. The van der Waals surface area contributed by atoms with E-state index in [9.17, 15) is 0 Å². The Kier molecular flexibility index (Phi) is 4.19. The van der Waals surface area contributed by atoms with Crippen molar-refractivity contribution in [2.75, 3.05) is 33.7 Å². The zero-order chi connectivity index (χ0) is 11.5. The summed E-state index contributed by atoms with van der Waals surface area (Å²) in [5, 5.41) is 3.35. The molecular formula is C13H28N2. The number of rotatable bonds is 5. The Hall–Kier alpha value is -0.0800. The first-order valence-electron chi connectivity index (χ1n) is 6.20. The standard InChI is InChI=1S/C13H28N2/c1-12(2,3)10-15(5)11-13(9-14-4)7-6-8-13/h14H,6-11H2,1-5H3. The number of nitrogens with zero attached hydrogens (tertiary/aromatic N) is 1. The summed E-state index contributed by atoms with van der Waals surface area (Å²) in [6, 6.07) is 0. The predicted molar refractivity (Wildman–Crippen MR) is 67.2 cm³/mol. The van der Waals surface area contributed by atoms with E-state index in [0.29, 0.717) is 10.8 Å². The Morgan fingerprint density at radius 2 is 1.87 bits per heavy atom. The van der Waals surface area contributed by atoms with E-state index in [1.54, 1.807) is 0 Å². The molecule has 1 saturated carbocycles. The molecule has 1 fully saturated rings. The van der Waals surface area contributed by atoms with Crippen molar-refractivity contribution in [3.05, 3.63) is 0 Å². The molecule has 0 saturated heterocycles. The molecule has 0 radical (unpaired) electrons. The van der Waals surface area contributed by atoms with E-state index >= 15 is 0 Å². The minimum atomic E-state index is 0.416. The van der Waals surface area contributed by atoms with Crippen molar-refractivity contribution in [3.8, 4) is 0 Å². The van der Waals surface area contributed by atoms with Crippen molar-refractivity contribution in [2.24, 2.45) is 10.8 Å². The summed E-state index contributed by atoms with van der Waals surface area (Å²) >= 11 is 0. The molecule has 0 aromatic carbocycles. The lowest BCUT2D eigenvalue weighted by Crippen LogP contribution is -2.48. The molecule has 0 aliphatic heterocycles. The topological polar surface area (TPSA) is 15.3 Å². The van der Waals surface area contributed by atoms with Gasteiger partial charge in [-0.1, -0.05) is 27.2 Å². The van der Waals surface area contributed by atoms with E-state index in [1.165, 1.54) is 38.9 Å². The molecule has 0 aromatic rings. The van der Waals surface area contributed by atoms with E-state index in [4.69, 9.17) is 0 Å². The lowest BCUT2D eigenvalue weighted by atomic mass is 9.68. The summed E-state index contributed by atoms with van der Waals surface area (Å²) in [4.78, 5) is 2.51. The summed E-state index contributed by atoms with van der Waals surface area (Å²) in [7, 11) is 4.34. The van der Waals surface area contributed by atoms with Crippen LogP contribution < -0.4 is 5.32 Å². The van der Waals surface area contributed by atoms with E-state index in [-0.39, 0.29) is 0 Å². The quantitative estimate of drug-likeness (QED) is 0.752. The molecule has 1 aliphatic rings. The van der Waals surface area contributed by atoms with E-state index in [1.807, 2.05) is 0 Å². The second-order valence-electron chi connectivity index (χ2n) is 6.62. The molecule has 2 nitrogen and oxygen atoms in total. The molecule has 0 heterocycles. The van der Waals surface area contributed by atoms with Gasteiger partial charge >= 0.3 is 0 Å². The van der Waals surface area contributed by atoms with Gasteiger partial charge in [-0.15, -0.1) is 0 Å². The van der Waals surface area contributed by atoms with E-state index < -0.39 is 0 Å². The molecular weight excluding hydrogens is 184 g/mol. The van der Waals surface area contributed by atoms with E-state index in [2.05, 4.69) is 45.1 Å². The van der Waals surface area contributed by atoms with Crippen LogP contribution in [-0.2, 0) is 0 Å². The lowest BCUT2D eigenvalue weighted by Gasteiger charge is -2.45. The smallest absolute Gasteiger partial charge is 0.00473 e. The Bertz CT molecular complexity index is 189. The minimum absolute atomic E-state index is 0.416. The normalized spacial score (nSPS) is 20.4. The fraction of sp³-hybridized carbons (Fsp3) is 1.00. The summed E-state index contributed by atoms with van der Waals surface area (Å²) in [6.07, 6.45) is 4.23. The van der Waals surface area contributed by atoms with Crippen molar-refractivity contribution >= 4 is 0 Å². The van der Waals surface area contributed by atoms with Crippen molar-refractivity contribution in [1.82, 2.24) is 10.2 Å². The van der Waals surface area contributed by atoms with Gasteiger partial charge in [0.15, 0.2) is 0 Å². The second-order valence-corrected chi connectivity index (χ2v) is 6.62. The highest BCUT2D eigenvalue weighted by atomic mass is 15.1. The highest BCUT2D eigenvalue weighted by Gasteiger charge is 2.37. The number of nitrogens with one attached hydrogen (secondary N) is 1. The molecule has 1 N–H and O–H groups in total. The van der Waals surface area contributed by atoms with Crippen LogP contribution in [0.2, 0.25) is 0 Å². The average Bonchev–Trinajstić information content (AvgIpc) is 1.96. The van der Waals surface area contributed by atoms with Gasteiger partial charge in [0.05, 0.1) is 0 Å². The maximum absolute atomic E-state index is 3.35. The van der Waals surface area contributed by atoms with Crippen molar-refractivity contribution < 1.29 is 0 Å². The van der Waals surface area contributed by atoms with Crippen LogP contribution >= 0.6 is 0 Å². The average molecular weight is 212 g/mol. The summed E-state index contributed by atoms with van der Waals surface area (Å²) < 4.78 is 0. The Labute approximate surface area is 95.4 Å². The van der Waals surface area contributed by atoms with Crippen LogP contribution in [0, 0.1) is 10.8 Å². The minimum Gasteiger partial charge on any atom is -0.319 e. The summed E-state index contributed by atoms with van der Waals surface area (Å²) in [5.74, 6) is 0. The van der Waals surface area contributed by atoms with Gasteiger partial charge in [-0.05, 0) is 37.8 Å². The number of hydrogen-bond acceptors (Lipinski definition) is 2. The third kappa shape index (κ3) is 4.12. The van der Waals surface area contributed by atoms with Gasteiger partial charge < -0.3 is 10.2 Å². The molecule has 0 amide bonds. The maximum Gasteiger partial charge on any atom is 0.00473 e. The fourth-order valence-corrected chi connectivity index (χ4v) is 2.88. The van der Waals surface area contributed by atoms with Gasteiger partial charge in [0.1, 0.15) is 0 Å². The van der Waals surface area contributed by atoms with Gasteiger partial charge in [-0.25, -0.2) is 0 Å². The fourth-order valence-electron chi connectivity index (χ4n) is 2.88. The molecule has 90 valence electrons. The molecule has 0 spiro atoms. The zero-order valence-electron chi connectivity index (χ0n) is 11.2. The number of hydrogen-bond donors (Lipinski definition) is 1. The molecule has 2 heteroatoms. The third-order valence-electron chi connectivity index (χ3n) is 3.32. The molecule has 0 bridgehead atoms. The van der Waals surface area contributed by atoms with Crippen molar-refractivity contribution in [3.63, 3.8) is 0 Å². The van der Waals surface area contributed by atoms with Crippen LogP contribution in [0.5, 0.6) is 0 Å². The molecule has 15 heavy (non-hydrogen) atoms. The van der Waals surface area contributed by atoms with Crippen LogP contribution in [0.3, 0.4) is 0 Å². The summed E-state index contributed by atoms with van der Waals surface area (Å²) in [6.45, 7) is 10.6. The first kappa shape index (κ1) is 13.0. The highest BCUT2D eigenvalue weighted by molar-refractivity contribution is 4.91. The molecule has 1 rings (SSSR count). The Balaban J connectivity index is 2.38. The van der Waals surface area contributed by atoms with Crippen LogP contribution in [0.1, 0.15) is 40.0 Å². The first-order chi connectivity index (χ1) is 6.87. The SMILES string of the molecule is CNCC1(CN(C)CC(C)(C)C)CCC1. The van der Waals surface area contributed by atoms with Gasteiger partial charge in [-0.2, -0.15) is 0 Å². The van der Waals surface area contributed by atoms with Gasteiger partial charge in [0.25, 0.3) is 0 Å². The van der Waals surface area contributed by atoms with Gasteiger partial charge in [0.2, 0.25) is 0 Å². The highest BCUT2D eigenvalue weighted by Crippen LogP contribution is 2.41. The largest absolute Gasteiger partial charge is 0.319 e. The van der Waals surface area contributed by atoms with Crippen molar-refractivity contribution in [2.45, 2.75) is 40.0 Å². The lowest BCUT2D eigenvalue weighted by molar-refractivity contribution is 0.0655. The molecule has 1 aliphatic carbocycles. The second kappa shape index (κ2) is 4.84. The molecule has 0 atom stereocenters. The predicted octanol–water partition coefficient (Wildman–Crippen LogP) is 2.35. The van der Waals surface area contributed by atoms with E-state index in [0.717, 1.165) is 0 Å². The van der Waals surface area contributed by atoms with Gasteiger partial charge in [0, 0.05) is 19.6 Å². The van der Waals surface area contributed by atoms with Crippen LogP contribution in [0.15, 0.2) is 0 Å². The van der Waals surface area contributed by atoms with Gasteiger partial charge in [-0.3, -0.25) is 0 Å². The Morgan fingerprint density at radius 3 is 2.20 bits per heavy atom. The Morgan fingerprint density at radius 1 is 1.27 bits per heavy atom. The maximum atomic E-state index is 3.35. The summed E-state index contributed by atoms with van der Waals surface area (Å²) in [5.41, 5.74) is 0.994. The monoisotopic (exact) mass is 212 g/mol. The van der Waals surface area contributed by atoms with Crippen molar-refractivity contribution in [1.29, 1.82) is 0 Å². The van der Waals surface area contributed by atoms with Crippen LogP contribution in [0.4, 0.5) is 0 Å². The third-order valence-corrected chi connectivity index (χ3v) is 3.32. The zero-order valence-corrected chi connectivity index (χ0v) is 11.2. The molecule has 0 aromatic heterocycles. The van der Waals surface area contributed by atoms with Crippen LogP contribution in [0.25, 0.3) is 0 Å². The van der Waals surface area contributed by atoms with Crippen LogP contribution in [-0.4, -0.2) is 38.6 Å². The first-order valence-corrected chi connectivity index (χ1v) is 6.20.